The highest BCUT2D eigenvalue weighted by Gasteiger charge is 2.36. The van der Waals surface area contributed by atoms with Crippen molar-refractivity contribution in [1.29, 1.82) is 0 Å². The maximum atomic E-state index is 13.5. The van der Waals surface area contributed by atoms with E-state index in [1.54, 1.807) is 24.1 Å². The topological polar surface area (TPSA) is 60.3 Å². The molecule has 2 aliphatic rings. The molecule has 1 aromatic carbocycles. The van der Waals surface area contributed by atoms with Crippen LogP contribution in [-0.4, -0.2) is 46.1 Å². The van der Waals surface area contributed by atoms with E-state index < -0.39 is 5.82 Å². The van der Waals surface area contributed by atoms with Crippen molar-refractivity contribution in [2.75, 3.05) is 20.3 Å². The molecular weight excluding hydrogens is 323 g/mol. The van der Waals surface area contributed by atoms with E-state index in [2.05, 4.69) is 10.3 Å². The van der Waals surface area contributed by atoms with E-state index in [0.717, 1.165) is 17.9 Å². The minimum absolute atomic E-state index is 0.205. The first-order valence-electron chi connectivity index (χ1n) is 8.65. The Labute approximate surface area is 145 Å². The lowest BCUT2D eigenvalue weighted by molar-refractivity contribution is 0.0490. The summed E-state index contributed by atoms with van der Waals surface area (Å²) < 4.78 is 20.8. The van der Waals surface area contributed by atoms with E-state index in [-0.39, 0.29) is 11.9 Å². The van der Waals surface area contributed by atoms with Gasteiger partial charge in [-0.15, -0.1) is 5.10 Å². The van der Waals surface area contributed by atoms with Gasteiger partial charge >= 0.3 is 0 Å². The smallest absolute Gasteiger partial charge is 0.254 e. The van der Waals surface area contributed by atoms with E-state index in [1.165, 1.54) is 25.0 Å². The summed E-state index contributed by atoms with van der Waals surface area (Å²) in [6, 6.07) is 5.49. The molecule has 1 saturated carbocycles. The van der Waals surface area contributed by atoms with Gasteiger partial charge in [0.1, 0.15) is 17.6 Å². The number of nitrogens with zero attached hydrogens (tertiary/aromatic N) is 4. The maximum absolute atomic E-state index is 13.5. The molecule has 1 amide bonds. The normalized spacial score (nSPS) is 19.8. The van der Waals surface area contributed by atoms with Crippen LogP contribution in [0, 0.1) is 11.7 Å². The fourth-order valence-electron chi connectivity index (χ4n) is 3.44. The Kier molecular flexibility index (Phi) is 4.25. The van der Waals surface area contributed by atoms with E-state index in [9.17, 15) is 9.18 Å². The van der Waals surface area contributed by atoms with Gasteiger partial charge in [-0.05, 0) is 37.0 Å². The Morgan fingerprint density at radius 2 is 2.24 bits per heavy atom. The van der Waals surface area contributed by atoms with Gasteiger partial charge < -0.3 is 9.64 Å². The number of benzene rings is 1. The predicted octanol–water partition coefficient (Wildman–Crippen LogP) is 2.21. The van der Waals surface area contributed by atoms with Crippen LogP contribution in [-0.2, 0) is 17.7 Å². The standard InChI is InChI=1S/C18H21FN4O2/c1-25-11-16-17-15(23(21-20-17)10-12-5-6-12)7-8-22(16)18(24)13-3-2-4-14(19)9-13/h2-4,9,12,16H,5-8,10-11H2,1H3/t16-/m1/s1. The van der Waals surface area contributed by atoms with E-state index in [0.29, 0.717) is 31.1 Å². The molecule has 0 radical (unpaired) electrons. The van der Waals surface area contributed by atoms with Crippen LogP contribution in [0.4, 0.5) is 4.39 Å². The first kappa shape index (κ1) is 16.2. The molecule has 0 saturated heterocycles. The fourth-order valence-corrected chi connectivity index (χ4v) is 3.44. The molecule has 0 N–H and O–H groups in total. The van der Waals surface area contributed by atoms with Crippen LogP contribution in [0.5, 0.6) is 0 Å². The van der Waals surface area contributed by atoms with Gasteiger partial charge in [-0.25, -0.2) is 9.07 Å². The van der Waals surface area contributed by atoms with Gasteiger partial charge in [0.15, 0.2) is 0 Å². The van der Waals surface area contributed by atoms with Gasteiger partial charge in [0.25, 0.3) is 5.91 Å². The lowest BCUT2D eigenvalue weighted by Gasteiger charge is -2.34. The predicted molar refractivity (Wildman–Crippen MR) is 88.5 cm³/mol. The molecule has 0 bridgehead atoms. The van der Waals surface area contributed by atoms with E-state index in [1.807, 2.05) is 4.68 Å². The van der Waals surface area contributed by atoms with Gasteiger partial charge in [0.2, 0.25) is 0 Å². The van der Waals surface area contributed by atoms with Crippen molar-refractivity contribution in [2.24, 2.45) is 5.92 Å². The maximum Gasteiger partial charge on any atom is 0.254 e. The molecular formula is C18H21FN4O2. The highest BCUT2D eigenvalue weighted by atomic mass is 19.1. The van der Waals surface area contributed by atoms with Gasteiger partial charge in [-0.2, -0.15) is 0 Å². The molecule has 6 nitrogen and oxygen atoms in total. The number of carbonyl (C=O) groups excluding carboxylic acids is 1. The fraction of sp³-hybridized carbons (Fsp3) is 0.500. The van der Waals surface area contributed by atoms with Crippen LogP contribution in [0.2, 0.25) is 0 Å². The van der Waals surface area contributed by atoms with Crippen LogP contribution >= 0.6 is 0 Å². The summed E-state index contributed by atoms with van der Waals surface area (Å²) in [4.78, 5) is 14.6. The van der Waals surface area contributed by atoms with Gasteiger partial charge in [0, 0.05) is 32.2 Å². The summed E-state index contributed by atoms with van der Waals surface area (Å²) in [5.74, 6) is 0.0878. The summed E-state index contributed by atoms with van der Waals surface area (Å²) in [6.07, 6.45) is 3.21. The molecule has 1 fully saturated rings. The molecule has 2 aromatic rings. The molecule has 4 rings (SSSR count). The Morgan fingerprint density at radius 3 is 2.96 bits per heavy atom. The third-order valence-electron chi connectivity index (χ3n) is 4.93. The molecule has 1 aliphatic heterocycles. The number of fused-ring (bicyclic) bond motifs is 1. The Bertz CT molecular complexity index is 787. The average Bonchev–Trinajstić information content (AvgIpc) is 3.34. The summed E-state index contributed by atoms with van der Waals surface area (Å²) in [5, 5.41) is 8.65. The van der Waals surface area contributed by atoms with Crippen molar-refractivity contribution >= 4 is 5.91 Å². The molecule has 25 heavy (non-hydrogen) atoms. The van der Waals surface area contributed by atoms with Gasteiger partial charge in [-0.3, -0.25) is 4.79 Å². The number of aromatic nitrogens is 3. The highest BCUT2D eigenvalue weighted by molar-refractivity contribution is 5.94. The van der Waals surface area contributed by atoms with E-state index in [4.69, 9.17) is 4.74 Å². The summed E-state index contributed by atoms with van der Waals surface area (Å²) >= 11 is 0. The lowest BCUT2D eigenvalue weighted by atomic mass is 10.0. The van der Waals surface area contributed by atoms with Crippen molar-refractivity contribution in [3.8, 4) is 0 Å². The zero-order valence-electron chi connectivity index (χ0n) is 14.2. The number of hydrogen-bond acceptors (Lipinski definition) is 4. The molecule has 1 aliphatic carbocycles. The van der Waals surface area contributed by atoms with Crippen LogP contribution in [0.15, 0.2) is 24.3 Å². The number of carbonyl (C=O) groups is 1. The monoisotopic (exact) mass is 344 g/mol. The number of amides is 1. The van der Waals surface area contributed by atoms with Gasteiger partial charge in [-0.1, -0.05) is 11.3 Å². The largest absolute Gasteiger partial charge is 0.382 e. The summed E-state index contributed by atoms with van der Waals surface area (Å²) in [7, 11) is 1.60. The van der Waals surface area contributed by atoms with Crippen LogP contribution in [0.3, 0.4) is 0 Å². The third kappa shape index (κ3) is 3.16. The molecule has 132 valence electrons. The Balaban J connectivity index is 1.62. The van der Waals surface area contributed by atoms with Crippen molar-refractivity contribution < 1.29 is 13.9 Å². The Morgan fingerprint density at radius 1 is 1.40 bits per heavy atom. The lowest BCUT2D eigenvalue weighted by Crippen LogP contribution is -2.42. The SMILES string of the molecule is COC[C@@H]1c2nnn(CC3CC3)c2CCN1C(=O)c1cccc(F)c1. The summed E-state index contributed by atoms with van der Waals surface area (Å²) in [6.45, 7) is 1.80. The first-order chi connectivity index (χ1) is 12.2. The third-order valence-corrected chi connectivity index (χ3v) is 4.93. The quantitative estimate of drug-likeness (QED) is 0.834. The molecule has 0 unspecified atom stereocenters. The average molecular weight is 344 g/mol. The second-order valence-corrected chi connectivity index (χ2v) is 6.78. The first-order valence-corrected chi connectivity index (χ1v) is 8.65. The van der Waals surface area contributed by atoms with E-state index >= 15 is 0 Å². The van der Waals surface area contributed by atoms with Crippen molar-refractivity contribution in [1.82, 2.24) is 19.9 Å². The number of ether oxygens (including phenoxy) is 1. The number of rotatable bonds is 5. The molecule has 1 aromatic heterocycles. The molecule has 7 heteroatoms. The minimum atomic E-state index is -0.415. The molecule has 1 atom stereocenters. The van der Waals surface area contributed by atoms with Crippen LogP contribution in [0.1, 0.15) is 40.6 Å². The zero-order valence-corrected chi connectivity index (χ0v) is 14.2. The summed E-state index contributed by atoms with van der Waals surface area (Å²) in [5.41, 5.74) is 2.24. The number of hydrogen-bond donors (Lipinski definition) is 0. The van der Waals surface area contributed by atoms with Crippen molar-refractivity contribution in [3.63, 3.8) is 0 Å². The highest BCUT2D eigenvalue weighted by Crippen LogP contribution is 2.34. The van der Waals surface area contributed by atoms with Gasteiger partial charge in [0.05, 0.1) is 12.3 Å². The van der Waals surface area contributed by atoms with Crippen molar-refractivity contribution in [3.05, 3.63) is 47.0 Å². The van der Waals surface area contributed by atoms with Crippen molar-refractivity contribution in [2.45, 2.75) is 31.8 Å². The Hall–Kier alpha value is -2.28. The number of methoxy groups -OCH3 is 1. The second kappa shape index (κ2) is 6.55. The number of halogens is 1. The molecule has 0 spiro atoms. The second-order valence-electron chi connectivity index (χ2n) is 6.78. The molecule has 2 heterocycles. The minimum Gasteiger partial charge on any atom is -0.382 e. The van der Waals surface area contributed by atoms with Crippen LogP contribution < -0.4 is 0 Å². The van der Waals surface area contributed by atoms with Crippen LogP contribution in [0.25, 0.3) is 0 Å². The zero-order chi connectivity index (χ0) is 17.4.